The minimum absolute atomic E-state index is 0.00509. The minimum Gasteiger partial charge on any atom is -0.399 e. The number of benzene rings is 10. The van der Waals surface area contributed by atoms with Crippen molar-refractivity contribution >= 4 is 126 Å². The molecule has 4 N–H and O–H groups in total. The first-order valence-electron chi connectivity index (χ1n) is 32.1. The van der Waals surface area contributed by atoms with Crippen molar-refractivity contribution in [1.29, 1.82) is 5.26 Å². The first-order chi connectivity index (χ1) is 50.4. The zero-order chi connectivity index (χ0) is 77.6. The van der Waals surface area contributed by atoms with Crippen molar-refractivity contribution in [1.82, 2.24) is 0 Å². The summed E-state index contributed by atoms with van der Waals surface area (Å²) in [6.07, 6.45) is 3.88. The molecule has 0 aliphatic heterocycles. The number of ether oxygens (including phenoxy) is 1. The molecule has 0 bridgehead atoms. The summed E-state index contributed by atoms with van der Waals surface area (Å²) in [6, 6.07) is 70.0. The van der Waals surface area contributed by atoms with Crippen LogP contribution in [0.15, 0.2) is 243 Å². The maximum atomic E-state index is 12.4. The highest BCUT2D eigenvalue weighted by molar-refractivity contribution is 9.10. The molecule has 0 amide bonds. The summed E-state index contributed by atoms with van der Waals surface area (Å²) in [5, 5.41) is 30.7. The number of halogens is 5. The molecule has 0 aliphatic rings. The number of carbonyl (C=O) groups excluding carboxylic acids is 4. The van der Waals surface area contributed by atoms with Crippen LogP contribution in [-0.2, 0) is 12.8 Å². The van der Waals surface area contributed by atoms with Crippen LogP contribution in [0.25, 0.3) is 29.1 Å². The molecule has 0 aliphatic carbocycles. The number of aliphatic hydroxyl groups excluding tert-OH is 2. The average Bonchev–Trinajstić information content (AvgIpc) is 0.881. The summed E-state index contributed by atoms with van der Waals surface area (Å²) in [5.41, 5.74) is 15.5. The Kier molecular flexibility index (Phi) is 41.0. The lowest BCUT2D eigenvalue weighted by molar-refractivity contribution is 0.0927. The fourth-order valence-electron chi connectivity index (χ4n) is 8.93. The summed E-state index contributed by atoms with van der Waals surface area (Å²) in [7, 11) is 0. The number of rotatable bonds is 16. The van der Waals surface area contributed by atoms with Gasteiger partial charge in [-0.25, -0.2) is 29.1 Å². The average molecular weight is 1540 g/mol. The van der Waals surface area contributed by atoms with Gasteiger partial charge in [-0.2, -0.15) is 0 Å². The van der Waals surface area contributed by atoms with Gasteiger partial charge in [-0.1, -0.05) is 236 Å². The third-order valence-corrected chi connectivity index (χ3v) is 15.9. The zero-order valence-corrected chi connectivity index (χ0v) is 62.5. The molecule has 20 heteroatoms. The van der Waals surface area contributed by atoms with Crippen molar-refractivity contribution in [2.45, 2.75) is 77.3 Å². The van der Waals surface area contributed by atoms with Gasteiger partial charge in [0.05, 0.1) is 56.5 Å². The summed E-state index contributed by atoms with van der Waals surface area (Å²) < 4.78 is 4.51. The molecule has 530 valence electrons. The summed E-state index contributed by atoms with van der Waals surface area (Å²) >= 11 is 26.0. The number of nitrogens with zero attached hydrogens (tertiary/aromatic N) is 7. The lowest BCUT2D eigenvalue weighted by Gasteiger charge is -2.19. The normalized spacial score (nSPS) is 10.9. The van der Waals surface area contributed by atoms with E-state index < -0.39 is 12.2 Å². The summed E-state index contributed by atoms with van der Waals surface area (Å²) in [6.45, 7) is 50.4. The van der Waals surface area contributed by atoms with Gasteiger partial charge in [-0.3, -0.25) is 19.2 Å². The van der Waals surface area contributed by atoms with E-state index in [1.807, 2.05) is 88.4 Å². The van der Waals surface area contributed by atoms with Crippen LogP contribution in [0.4, 0.5) is 39.8 Å². The number of Topliss-reactive ketones (excluding diaryl/α,β-unsaturated/α-hetero) is 3. The highest BCUT2D eigenvalue weighted by Crippen LogP contribution is 2.29. The predicted molar refractivity (Wildman–Crippen MR) is 426 cm³/mol. The Labute approximate surface area is 643 Å². The van der Waals surface area contributed by atoms with Crippen molar-refractivity contribution in [3.63, 3.8) is 0 Å². The molecule has 10 aromatic carbocycles. The molecule has 0 heterocycles. The van der Waals surface area contributed by atoms with E-state index >= 15 is 0 Å². The van der Waals surface area contributed by atoms with Crippen molar-refractivity contribution in [3.05, 3.63) is 376 Å². The van der Waals surface area contributed by atoms with Gasteiger partial charge in [-0.05, 0) is 151 Å². The van der Waals surface area contributed by atoms with Crippen LogP contribution in [0.2, 0.25) is 20.1 Å². The number of nitrogens with two attached hydrogens (primary N) is 1. The van der Waals surface area contributed by atoms with E-state index in [-0.39, 0.29) is 34.0 Å². The number of anilines is 1. The fraction of sp³-hybridized carbons (Fsp3) is 0.165. The van der Waals surface area contributed by atoms with Gasteiger partial charge in [0.1, 0.15) is 12.0 Å². The van der Waals surface area contributed by atoms with E-state index in [1.165, 1.54) is 0 Å². The molecule has 15 nitrogen and oxygen atoms in total. The smallest absolute Gasteiger partial charge is 0.292 e. The molecule has 0 fully saturated rings. The van der Waals surface area contributed by atoms with Gasteiger partial charge in [0.25, 0.3) is 6.26 Å². The highest BCUT2D eigenvalue weighted by Gasteiger charge is 2.19. The zero-order valence-electron chi connectivity index (χ0n) is 57.9. The fourth-order valence-corrected chi connectivity index (χ4v) is 9.69. The van der Waals surface area contributed by atoms with Crippen LogP contribution in [0.5, 0.6) is 5.75 Å². The number of aldehydes is 1. The second-order valence-electron chi connectivity index (χ2n) is 22.5. The quantitative estimate of drug-likeness (QED) is 0.0211. The number of ketones is 3. The standard InChI is InChI=1S/C17H16ClNO.C17H14ClNO.C10H8BrNO.C10H11NO.C10H9NO.C8H5NO.C7H4ClNO.C6H6ClN/c2*1-12(10-13-6-8-15(18)9-7-13)17(20)14-4-3-5-16(11-14)19-2;1-7(11)10(13)8-4-3-5-9(6-8)12-2;2*1-3-10(12)8-5-4-6-9(7-8)11-2;1-9-8-4-2-3-7(5-8)6-10;8-6-1-3-7(4-2-6)10-5-9;7-5-1-3-6(8)4-2-5/h3-9,11-12,17,20H,10H2,1H3;3-9,11-12H,10H2,1H3;3-7H,1H3;4-7,10,12H,3H2,1H3;4-7H,3H2,1H3;2-6H;1-4H;1-4H,8H2. The van der Waals surface area contributed by atoms with Crippen LogP contribution in [-0.4, -0.2) is 38.7 Å². The summed E-state index contributed by atoms with van der Waals surface area (Å²) in [5.74, 6) is 0.595. The third-order valence-electron chi connectivity index (χ3n) is 14.5. The van der Waals surface area contributed by atoms with Crippen molar-refractivity contribution in [3.8, 4) is 12.0 Å². The predicted octanol–water partition coefficient (Wildman–Crippen LogP) is 24.6. The number of carbonyl (C=O) groups is 4. The monoisotopic (exact) mass is 1540 g/mol. The molecule has 0 saturated heterocycles. The Balaban J connectivity index is 0.000000317. The van der Waals surface area contributed by atoms with E-state index in [2.05, 4.69) is 49.7 Å². The summed E-state index contributed by atoms with van der Waals surface area (Å²) in [4.78, 5) is 64.7. The van der Waals surface area contributed by atoms with Crippen molar-refractivity contribution < 1.29 is 34.1 Å². The number of hydrogen-bond donors (Lipinski definition) is 3. The maximum absolute atomic E-state index is 12.4. The largest absolute Gasteiger partial charge is 0.399 e. The molecule has 0 aromatic heterocycles. The third kappa shape index (κ3) is 33.9. The van der Waals surface area contributed by atoms with Crippen LogP contribution in [0, 0.1) is 62.8 Å². The second-order valence-corrected chi connectivity index (χ2v) is 25.6. The molecule has 0 spiro atoms. The minimum atomic E-state index is -0.577. The molecule has 10 rings (SSSR count). The number of aliphatic hydroxyl groups is 2. The number of alkyl halides is 1. The Hall–Kier alpha value is -11.5. The number of nitrogen functional groups attached to an aromatic ring is 1. The van der Waals surface area contributed by atoms with E-state index in [0.717, 1.165) is 45.7 Å². The maximum Gasteiger partial charge on any atom is 0.292 e. The Morgan fingerprint density at radius 1 is 0.495 bits per heavy atom. The Morgan fingerprint density at radius 2 is 0.857 bits per heavy atom. The van der Waals surface area contributed by atoms with Crippen LogP contribution in [0.1, 0.15) is 123 Å². The molecule has 5 unspecified atom stereocenters. The molecular weight excluding hydrogens is 1470 g/mol. The van der Waals surface area contributed by atoms with Gasteiger partial charge in [-0.15, -0.1) is 5.26 Å². The topological polar surface area (TPSA) is 194 Å². The molecule has 0 saturated carbocycles. The van der Waals surface area contributed by atoms with Gasteiger partial charge in [0.2, 0.25) is 0 Å². The van der Waals surface area contributed by atoms with Gasteiger partial charge >= 0.3 is 0 Å². The molecule has 105 heavy (non-hydrogen) atoms. The van der Waals surface area contributed by atoms with E-state index in [9.17, 15) is 29.4 Å². The van der Waals surface area contributed by atoms with E-state index in [1.54, 1.807) is 195 Å². The van der Waals surface area contributed by atoms with Crippen molar-refractivity contribution in [2.24, 2.45) is 11.8 Å². The molecule has 0 radical (unpaired) electrons. The van der Waals surface area contributed by atoms with Crippen LogP contribution >= 0.6 is 62.3 Å². The van der Waals surface area contributed by atoms with Gasteiger partial charge in [0.15, 0.2) is 51.5 Å². The van der Waals surface area contributed by atoms with Crippen molar-refractivity contribution in [2.75, 3.05) is 5.73 Å². The lowest BCUT2D eigenvalue weighted by Crippen LogP contribution is -2.13. The van der Waals surface area contributed by atoms with E-state index in [0.29, 0.717) is 96.5 Å². The van der Waals surface area contributed by atoms with Gasteiger partial charge in [0, 0.05) is 60.4 Å². The highest BCUT2D eigenvalue weighted by atomic mass is 79.9. The first-order valence-corrected chi connectivity index (χ1v) is 34.5. The molecule has 5 atom stereocenters. The Bertz CT molecular complexity index is 4720. The first kappa shape index (κ1) is 87.7. The number of nitriles is 1. The van der Waals surface area contributed by atoms with Crippen LogP contribution < -0.4 is 10.5 Å². The second kappa shape index (κ2) is 49.1. The Morgan fingerprint density at radius 3 is 1.27 bits per heavy atom. The van der Waals surface area contributed by atoms with Crippen LogP contribution in [0.3, 0.4) is 0 Å². The number of hydrogen-bond acceptors (Lipinski definition) is 9. The van der Waals surface area contributed by atoms with E-state index in [4.69, 9.17) is 96.8 Å². The van der Waals surface area contributed by atoms with Gasteiger partial charge < -0.3 is 20.7 Å². The molecular formula is C85H73BrCl4N8O7. The lowest BCUT2D eigenvalue weighted by atomic mass is 9.91. The SMILES string of the molecule is N#COc1ccc(Cl)cc1.Nc1ccc(Cl)cc1.[C-]#[N+]c1cccc(C(=O)C(C)Br)c1.[C-]#[N+]c1cccc(C(=O)C(C)Cc2ccc(Cl)cc2)c1.[C-]#[N+]c1cccc(C(=O)CC)c1.[C-]#[N+]c1cccc(C(O)C(C)Cc2ccc(Cl)cc2)c1.[C-]#[N+]c1cccc(C(O)CC)c1.[C-]#[N+]c1cccc(C=O)c1. The molecule has 10 aromatic rings.